The zero-order valence-corrected chi connectivity index (χ0v) is 9.26. The average molecular weight is 243 g/mol. The molecule has 0 spiro atoms. The highest BCUT2D eigenvalue weighted by molar-refractivity contribution is 5.65. The Balaban J connectivity index is 2.26. The van der Waals surface area contributed by atoms with Crippen molar-refractivity contribution >= 4 is 17.6 Å². The molecule has 0 fully saturated rings. The van der Waals surface area contributed by atoms with E-state index in [1.54, 1.807) is 18.5 Å². The number of nitrogens with zero attached hydrogens (tertiary/aromatic N) is 3. The SMILES string of the molecule is O=[N+]([O-])c1ccc(/C([O-])=C/[n+]2cccnc2)cc1. The van der Waals surface area contributed by atoms with Crippen LogP contribution in [0.25, 0.3) is 12.0 Å². The van der Waals surface area contributed by atoms with Crippen LogP contribution in [0, 0.1) is 10.1 Å². The Morgan fingerprint density at radius 1 is 1.33 bits per heavy atom. The third-order valence-corrected chi connectivity index (χ3v) is 2.26. The van der Waals surface area contributed by atoms with Crippen molar-refractivity contribution in [2.24, 2.45) is 0 Å². The van der Waals surface area contributed by atoms with E-state index in [4.69, 9.17) is 0 Å². The molecule has 0 saturated heterocycles. The highest BCUT2D eigenvalue weighted by atomic mass is 16.6. The van der Waals surface area contributed by atoms with E-state index in [1.807, 2.05) is 0 Å². The molecule has 0 unspecified atom stereocenters. The van der Waals surface area contributed by atoms with Crippen molar-refractivity contribution in [2.75, 3.05) is 0 Å². The highest BCUT2D eigenvalue weighted by Crippen LogP contribution is 2.15. The molecule has 0 N–H and O–H groups in total. The molecule has 0 atom stereocenters. The molecule has 90 valence electrons. The quantitative estimate of drug-likeness (QED) is 0.342. The lowest BCUT2D eigenvalue weighted by molar-refractivity contribution is -0.573. The van der Waals surface area contributed by atoms with Gasteiger partial charge in [0.15, 0.2) is 0 Å². The fourth-order valence-electron chi connectivity index (χ4n) is 1.38. The normalized spacial score (nSPS) is 11.2. The minimum absolute atomic E-state index is 0.0411. The number of hydrogen-bond acceptors (Lipinski definition) is 4. The summed E-state index contributed by atoms with van der Waals surface area (Å²) < 4.78 is 1.52. The summed E-state index contributed by atoms with van der Waals surface area (Å²) in [5, 5.41) is 22.3. The van der Waals surface area contributed by atoms with Gasteiger partial charge in [-0.25, -0.2) is 4.57 Å². The van der Waals surface area contributed by atoms with Gasteiger partial charge in [-0.2, -0.15) is 0 Å². The molecule has 0 bridgehead atoms. The van der Waals surface area contributed by atoms with E-state index in [1.165, 1.54) is 41.4 Å². The average Bonchev–Trinajstić information content (AvgIpc) is 2.40. The zero-order chi connectivity index (χ0) is 13.0. The fraction of sp³-hybridized carbons (Fsp3) is 0. The molecular formula is C12H9N3O3. The van der Waals surface area contributed by atoms with Crippen LogP contribution in [-0.4, -0.2) is 9.91 Å². The van der Waals surface area contributed by atoms with Gasteiger partial charge in [0.2, 0.25) is 0 Å². The van der Waals surface area contributed by atoms with E-state index in [0.29, 0.717) is 5.56 Å². The van der Waals surface area contributed by atoms with Gasteiger partial charge in [0.1, 0.15) is 6.20 Å². The van der Waals surface area contributed by atoms with E-state index < -0.39 is 4.92 Å². The lowest BCUT2D eigenvalue weighted by atomic mass is 10.2. The van der Waals surface area contributed by atoms with Crippen molar-refractivity contribution in [3.8, 4) is 0 Å². The van der Waals surface area contributed by atoms with Crippen molar-refractivity contribution in [3.63, 3.8) is 0 Å². The maximum absolute atomic E-state index is 11.8. The standard InChI is InChI=1S/C12H9N3O3/c16-12(8-14-7-1-6-13-9-14)10-2-4-11(5-3-10)15(17)18/h1-9H/b12-8-. The molecule has 6 nitrogen and oxygen atoms in total. The summed E-state index contributed by atoms with van der Waals surface area (Å²) in [7, 11) is 0. The van der Waals surface area contributed by atoms with Gasteiger partial charge in [0, 0.05) is 18.2 Å². The first-order valence-electron chi connectivity index (χ1n) is 5.11. The number of non-ortho nitro benzene ring substituents is 1. The van der Waals surface area contributed by atoms with Gasteiger partial charge < -0.3 is 5.11 Å². The topological polar surface area (TPSA) is 83.0 Å². The Morgan fingerprint density at radius 2 is 2.06 bits per heavy atom. The van der Waals surface area contributed by atoms with E-state index in [2.05, 4.69) is 4.98 Å². The first-order valence-corrected chi connectivity index (χ1v) is 5.11. The Kier molecular flexibility index (Phi) is 3.29. The van der Waals surface area contributed by atoms with Crippen LogP contribution in [0.15, 0.2) is 49.1 Å². The zero-order valence-electron chi connectivity index (χ0n) is 9.26. The summed E-state index contributed by atoms with van der Waals surface area (Å²) in [4.78, 5) is 13.8. The third kappa shape index (κ3) is 2.67. The smallest absolute Gasteiger partial charge is 0.290 e. The van der Waals surface area contributed by atoms with E-state index >= 15 is 0 Å². The molecule has 1 aromatic carbocycles. The van der Waals surface area contributed by atoms with Crippen LogP contribution in [0.1, 0.15) is 5.56 Å². The number of aromatic nitrogens is 2. The predicted octanol–water partition coefficient (Wildman–Crippen LogP) is 0.593. The molecule has 6 heteroatoms. The minimum atomic E-state index is -0.506. The van der Waals surface area contributed by atoms with Gasteiger partial charge in [-0.3, -0.25) is 10.1 Å². The summed E-state index contributed by atoms with van der Waals surface area (Å²) in [5.41, 5.74) is 0.345. The van der Waals surface area contributed by atoms with Crippen LogP contribution < -0.4 is 9.67 Å². The number of hydrogen-bond donors (Lipinski definition) is 0. The van der Waals surface area contributed by atoms with E-state index in [-0.39, 0.29) is 11.4 Å². The summed E-state index contributed by atoms with van der Waals surface area (Å²) >= 11 is 0. The van der Waals surface area contributed by atoms with Crippen molar-refractivity contribution in [1.29, 1.82) is 0 Å². The summed E-state index contributed by atoms with van der Waals surface area (Å²) in [6.07, 6.45) is 6.12. The van der Waals surface area contributed by atoms with Crippen molar-refractivity contribution < 1.29 is 14.6 Å². The Morgan fingerprint density at radius 3 is 2.61 bits per heavy atom. The monoisotopic (exact) mass is 243 g/mol. The molecule has 18 heavy (non-hydrogen) atoms. The maximum Gasteiger partial charge on any atom is 0.290 e. The molecule has 0 aliphatic heterocycles. The fourth-order valence-corrected chi connectivity index (χ4v) is 1.38. The minimum Gasteiger partial charge on any atom is -0.870 e. The summed E-state index contributed by atoms with van der Waals surface area (Å²) in [6.45, 7) is 0. The molecule has 0 aliphatic carbocycles. The Bertz CT molecular complexity index is 579. The molecule has 0 amide bonds. The molecule has 1 heterocycles. The van der Waals surface area contributed by atoms with Crippen LogP contribution in [0.3, 0.4) is 0 Å². The second kappa shape index (κ2) is 5.05. The maximum atomic E-state index is 11.8. The van der Waals surface area contributed by atoms with E-state index in [9.17, 15) is 15.2 Å². The van der Waals surface area contributed by atoms with Crippen molar-refractivity contribution in [3.05, 3.63) is 64.7 Å². The molecule has 2 rings (SSSR count). The lowest BCUT2D eigenvalue weighted by Gasteiger charge is -2.09. The molecule has 0 saturated carbocycles. The number of rotatable bonds is 3. The molecular weight excluding hydrogens is 234 g/mol. The van der Waals surface area contributed by atoms with Crippen molar-refractivity contribution in [2.45, 2.75) is 0 Å². The number of nitro groups is 1. The molecule has 1 aromatic heterocycles. The molecule has 0 aliphatic rings. The van der Waals surface area contributed by atoms with Crippen LogP contribution >= 0.6 is 0 Å². The van der Waals surface area contributed by atoms with Crippen LogP contribution in [-0.2, 0) is 0 Å². The van der Waals surface area contributed by atoms with Crippen LogP contribution in [0.5, 0.6) is 0 Å². The van der Waals surface area contributed by atoms with Gasteiger partial charge in [-0.1, -0.05) is 10.7 Å². The summed E-state index contributed by atoms with van der Waals surface area (Å²) in [6, 6.07) is 7.14. The molecule has 2 aromatic rings. The predicted molar refractivity (Wildman–Crippen MR) is 61.7 cm³/mol. The van der Waals surface area contributed by atoms with Crippen LogP contribution in [0.2, 0.25) is 0 Å². The van der Waals surface area contributed by atoms with Gasteiger partial charge >= 0.3 is 0 Å². The third-order valence-electron chi connectivity index (χ3n) is 2.26. The Labute approximate surface area is 103 Å². The van der Waals surface area contributed by atoms with Gasteiger partial charge in [0.05, 0.1) is 17.3 Å². The second-order valence-electron chi connectivity index (χ2n) is 3.50. The largest absolute Gasteiger partial charge is 0.870 e. The number of nitro benzene ring substituents is 1. The lowest BCUT2D eigenvalue weighted by Crippen LogP contribution is -2.27. The first-order chi connectivity index (χ1) is 8.66. The highest BCUT2D eigenvalue weighted by Gasteiger charge is 2.03. The summed E-state index contributed by atoms with van der Waals surface area (Å²) in [5.74, 6) is -0.247. The van der Waals surface area contributed by atoms with Gasteiger partial charge in [0.25, 0.3) is 12.0 Å². The van der Waals surface area contributed by atoms with Gasteiger partial charge in [-0.05, 0) is 17.7 Å². The first kappa shape index (κ1) is 11.7. The molecule has 0 radical (unpaired) electrons. The number of benzene rings is 1. The van der Waals surface area contributed by atoms with Gasteiger partial charge in [-0.15, -0.1) is 0 Å². The second-order valence-corrected chi connectivity index (χ2v) is 3.50. The van der Waals surface area contributed by atoms with Crippen LogP contribution in [0.4, 0.5) is 5.69 Å². The van der Waals surface area contributed by atoms with Crippen molar-refractivity contribution in [1.82, 2.24) is 4.98 Å². The van der Waals surface area contributed by atoms with E-state index in [0.717, 1.165) is 0 Å². The Hall–Kier alpha value is -2.76.